The molecule has 1 aliphatic heterocycles. The quantitative estimate of drug-likeness (QED) is 0.869. The fourth-order valence-electron chi connectivity index (χ4n) is 4.04. The minimum atomic E-state index is -0.183. The van der Waals surface area contributed by atoms with Crippen LogP contribution in [0.1, 0.15) is 57.6 Å². The molecule has 2 aliphatic rings. The van der Waals surface area contributed by atoms with Crippen molar-refractivity contribution in [2.45, 2.75) is 57.6 Å². The number of rotatable bonds is 2. The van der Waals surface area contributed by atoms with Crippen molar-refractivity contribution in [1.29, 1.82) is 0 Å². The van der Waals surface area contributed by atoms with Gasteiger partial charge in [-0.25, -0.2) is 4.39 Å². The van der Waals surface area contributed by atoms with E-state index in [0.717, 1.165) is 42.4 Å². The van der Waals surface area contributed by atoms with Gasteiger partial charge in [0.1, 0.15) is 17.2 Å². The average molecular weight is 291 g/mol. The highest BCUT2D eigenvalue weighted by molar-refractivity contribution is 5.39. The van der Waals surface area contributed by atoms with Crippen molar-refractivity contribution < 1.29 is 9.13 Å². The molecule has 0 saturated heterocycles. The highest BCUT2D eigenvalue weighted by Crippen LogP contribution is 2.48. The highest BCUT2D eigenvalue weighted by Gasteiger charge is 2.43. The van der Waals surface area contributed by atoms with Crippen LogP contribution in [0.3, 0.4) is 0 Å². The Morgan fingerprint density at radius 1 is 1.29 bits per heavy atom. The Labute approximate surface area is 127 Å². The number of ether oxygens (including phenoxy) is 1. The third-order valence-corrected chi connectivity index (χ3v) is 5.48. The Balaban J connectivity index is 1.83. The van der Waals surface area contributed by atoms with E-state index < -0.39 is 0 Å². The molecule has 1 aromatic rings. The Hall–Kier alpha value is -1.09. The van der Waals surface area contributed by atoms with Crippen LogP contribution < -0.4 is 10.1 Å². The zero-order valence-corrected chi connectivity index (χ0v) is 13.3. The van der Waals surface area contributed by atoms with Gasteiger partial charge in [0.05, 0.1) is 0 Å². The summed E-state index contributed by atoms with van der Waals surface area (Å²) in [7, 11) is 1.96. The van der Waals surface area contributed by atoms with Gasteiger partial charge in [-0.2, -0.15) is 0 Å². The lowest BCUT2D eigenvalue weighted by Crippen LogP contribution is -2.46. The molecular weight excluding hydrogens is 265 g/mol. The first-order chi connectivity index (χ1) is 10.0. The van der Waals surface area contributed by atoms with Crippen LogP contribution in [0.4, 0.5) is 4.39 Å². The normalized spacial score (nSPS) is 32.0. The Bertz CT molecular complexity index is 506. The van der Waals surface area contributed by atoms with E-state index in [1.165, 1.54) is 18.9 Å². The molecule has 3 rings (SSSR count). The van der Waals surface area contributed by atoms with Crippen LogP contribution in [0.5, 0.6) is 5.75 Å². The zero-order valence-electron chi connectivity index (χ0n) is 13.3. The van der Waals surface area contributed by atoms with Crippen LogP contribution in [-0.2, 0) is 0 Å². The van der Waals surface area contributed by atoms with Gasteiger partial charge in [-0.3, -0.25) is 0 Å². The summed E-state index contributed by atoms with van der Waals surface area (Å²) in [6.07, 6.45) is 5.66. The molecule has 2 nitrogen and oxygen atoms in total. The lowest BCUT2D eigenvalue weighted by Gasteiger charge is -2.46. The van der Waals surface area contributed by atoms with Gasteiger partial charge in [0.2, 0.25) is 0 Å². The fraction of sp³-hybridized carbons (Fsp3) is 0.667. The number of nitrogens with one attached hydrogen (secondary N) is 1. The molecule has 1 aromatic carbocycles. The summed E-state index contributed by atoms with van der Waals surface area (Å²) in [5, 5.41) is 3.35. The fourth-order valence-corrected chi connectivity index (χ4v) is 4.04. The van der Waals surface area contributed by atoms with Crippen LogP contribution in [0.25, 0.3) is 0 Å². The number of hydrogen-bond donors (Lipinski definition) is 1. The number of fused-ring (bicyclic) bond motifs is 1. The number of halogens is 1. The van der Waals surface area contributed by atoms with Crippen molar-refractivity contribution in [1.82, 2.24) is 5.32 Å². The third kappa shape index (κ3) is 2.80. The molecule has 0 bridgehead atoms. The summed E-state index contributed by atoms with van der Waals surface area (Å²) in [5.74, 6) is 2.26. The van der Waals surface area contributed by atoms with Crippen molar-refractivity contribution in [3.05, 3.63) is 29.6 Å². The van der Waals surface area contributed by atoms with Crippen LogP contribution in [-0.4, -0.2) is 12.6 Å². The zero-order chi connectivity index (χ0) is 15.0. The molecule has 1 aliphatic carbocycles. The molecular formula is C18H26FNO. The lowest BCUT2D eigenvalue weighted by molar-refractivity contribution is -0.0193. The van der Waals surface area contributed by atoms with Gasteiger partial charge in [0.15, 0.2) is 0 Å². The average Bonchev–Trinajstić information content (AvgIpc) is 2.47. The molecule has 116 valence electrons. The lowest BCUT2D eigenvalue weighted by atomic mass is 9.71. The van der Waals surface area contributed by atoms with Crippen molar-refractivity contribution >= 4 is 0 Å². The van der Waals surface area contributed by atoms with E-state index in [1.807, 2.05) is 7.05 Å². The Kier molecular flexibility index (Phi) is 3.96. The molecule has 1 spiro atoms. The standard InChI is InChI=1S/C18H26FNO/c1-12(2)13-6-8-18(9-7-13)11-16(20-3)15-10-14(19)4-5-17(15)21-18/h4-5,10,12-13,16,20H,6-9,11H2,1-3H3. The van der Waals surface area contributed by atoms with Gasteiger partial charge in [0, 0.05) is 18.0 Å². The van der Waals surface area contributed by atoms with E-state index in [0.29, 0.717) is 0 Å². The van der Waals surface area contributed by atoms with Crippen molar-refractivity contribution in [3.63, 3.8) is 0 Å². The molecule has 1 unspecified atom stereocenters. The first kappa shape index (κ1) is 14.8. The minimum Gasteiger partial charge on any atom is -0.487 e. The molecule has 1 atom stereocenters. The molecule has 21 heavy (non-hydrogen) atoms. The second-order valence-corrected chi connectivity index (χ2v) is 7.09. The van der Waals surface area contributed by atoms with Gasteiger partial charge < -0.3 is 10.1 Å². The van der Waals surface area contributed by atoms with Crippen LogP contribution in [0.15, 0.2) is 18.2 Å². The summed E-state index contributed by atoms with van der Waals surface area (Å²) >= 11 is 0. The van der Waals surface area contributed by atoms with Crippen molar-refractivity contribution in [2.24, 2.45) is 11.8 Å². The van der Waals surface area contributed by atoms with Crippen molar-refractivity contribution in [3.8, 4) is 5.75 Å². The van der Waals surface area contributed by atoms with Gasteiger partial charge in [-0.15, -0.1) is 0 Å². The minimum absolute atomic E-state index is 0.0517. The maximum absolute atomic E-state index is 13.5. The maximum Gasteiger partial charge on any atom is 0.125 e. The second-order valence-electron chi connectivity index (χ2n) is 7.09. The molecule has 0 aromatic heterocycles. The smallest absolute Gasteiger partial charge is 0.125 e. The molecule has 0 amide bonds. The maximum atomic E-state index is 13.5. The summed E-state index contributed by atoms with van der Waals surface area (Å²) in [4.78, 5) is 0. The SMILES string of the molecule is CNC1CC2(CCC(C(C)C)CC2)Oc2ccc(F)cc21. The molecule has 1 heterocycles. The Morgan fingerprint density at radius 3 is 2.62 bits per heavy atom. The van der Waals surface area contributed by atoms with E-state index in [-0.39, 0.29) is 17.5 Å². The predicted molar refractivity (Wildman–Crippen MR) is 83.0 cm³/mol. The van der Waals surface area contributed by atoms with E-state index in [4.69, 9.17) is 4.74 Å². The number of benzene rings is 1. The van der Waals surface area contributed by atoms with E-state index >= 15 is 0 Å². The molecule has 0 radical (unpaired) electrons. The largest absolute Gasteiger partial charge is 0.487 e. The van der Waals surface area contributed by atoms with E-state index in [2.05, 4.69) is 19.2 Å². The van der Waals surface area contributed by atoms with Crippen molar-refractivity contribution in [2.75, 3.05) is 7.05 Å². The molecule has 3 heteroatoms. The predicted octanol–water partition coefficient (Wildman–Crippen LogP) is 4.45. The summed E-state index contributed by atoms with van der Waals surface area (Å²) in [5.41, 5.74) is 0.915. The van der Waals surface area contributed by atoms with Gasteiger partial charge >= 0.3 is 0 Å². The molecule has 1 fully saturated rings. The summed E-state index contributed by atoms with van der Waals surface area (Å²) in [6, 6.07) is 5.11. The first-order valence-electron chi connectivity index (χ1n) is 8.19. The van der Waals surface area contributed by atoms with E-state index in [1.54, 1.807) is 12.1 Å². The third-order valence-electron chi connectivity index (χ3n) is 5.48. The Morgan fingerprint density at radius 2 is 2.00 bits per heavy atom. The highest BCUT2D eigenvalue weighted by atomic mass is 19.1. The summed E-state index contributed by atoms with van der Waals surface area (Å²) < 4.78 is 19.9. The molecule has 1 N–H and O–H groups in total. The van der Waals surface area contributed by atoms with Gasteiger partial charge in [-0.1, -0.05) is 13.8 Å². The van der Waals surface area contributed by atoms with Crippen LogP contribution >= 0.6 is 0 Å². The van der Waals surface area contributed by atoms with Gasteiger partial charge in [-0.05, 0) is 62.8 Å². The van der Waals surface area contributed by atoms with E-state index in [9.17, 15) is 4.39 Å². The van der Waals surface area contributed by atoms with Crippen LogP contribution in [0, 0.1) is 17.7 Å². The summed E-state index contributed by atoms with van der Waals surface area (Å²) in [6.45, 7) is 4.64. The topological polar surface area (TPSA) is 21.3 Å². The molecule has 1 saturated carbocycles. The van der Waals surface area contributed by atoms with Crippen LogP contribution in [0.2, 0.25) is 0 Å². The monoisotopic (exact) mass is 291 g/mol. The number of hydrogen-bond acceptors (Lipinski definition) is 2. The van der Waals surface area contributed by atoms with Gasteiger partial charge in [0.25, 0.3) is 0 Å². The first-order valence-corrected chi connectivity index (χ1v) is 8.19. The second kappa shape index (κ2) is 5.60.